The molecule has 0 bridgehead atoms. The van der Waals surface area contributed by atoms with E-state index < -0.39 is 0 Å². The fourth-order valence-corrected chi connectivity index (χ4v) is 2.32. The first-order valence-electron chi connectivity index (χ1n) is 7.12. The van der Waals surface area contributed by atoms with Crippen molar-refractivity contribution < 1.29 is 14.4 Å². The van der Waals surface area contributed by atoms with E-state index in [2.05, 4.69) is 10.6 Å². The van der Waals surface area contributed by atoms with Crippen molar-refractivity contribution in [2.45, 2.75) is 13.8 Å². The summed E-state index contributed by atoms with van der Waals surface area (Å²) in [6, 6.07) is 10.5. The Morgan fingerprint density at radius 2 is 1.50 bits per heavy atom. The Hall–Kier alpha value is -2.69. The summed E-state index contributed by atoms with van der Waals surface area (Å²) in [5, 5.41) is 6.64. The summed E-state index contributed by atoms with van der Waals surface area (Å²) < 4.78 is 0. The molecule has 22 heavy (non-hydrogen) atoms. The Balaban J connectivity index is 2.32. The van der Waals surface area contributed by atoms with E-state index in [1.54, 1.807) is 18.2 Å². The first-order chi connectivity index (χ1) is 10.5. The van der Waals surface area contributed by atoms with E-state index in [9.17, 15) is 14.4 Å². The molecule has 0 atom stereocenters. The van der Waals surface area contributed by atoms with Gasteiger partial charge in [0.25, 0.3) is 5.91 Å². The molecular formula is C17H18N2O3. The zero-order chi connectivity index (χ0) is 16.1. The predicted molar refractivity (Wildman–Crippen MR) is 85.0 cm³/mol. The van der Waals surface area contributed by atoms with Crippen LogP contribution in [-0.4, -0.2) is 30.7 Å². The van der Waals surface area contributed by atoms with Crippen LogP contribution < -0.4 is 10.6 Å². The molecular weight excluding hydrogens is 280 g/mol. The van der Waals surface area contributed by atoms with Gasteiger partial charge in [-0.3, -0.25) is 14.4 Å². The smallest absolute Gasteiger partial charge is 0.252 e. The SMILES string of the molecule is CCNC(=O)CNC(=O)c1ccc(C(C)=O)c2ccccc12. The zero-order valence-corrected chi connectivity index (χ0v) is 12.6. The number of Topliss-reactive ketones (excluding diaryl/α,β-unsaturated/α-hetero) is 1. The molecule has 0 saturated carbocycles. The topological polar surface area (TPSA) is 75.3 Å². The van der Waals surface area contributed by atoms with Crippen LogP contribution in [0.25, 0.3) is 10.8 Å². The molecule has 114 valence electrons. The van der Waals surface area contributed by atoms with Crippen LogP contribution in [0.5, 0.6) is 0 Å². The van der Waals surface area contributed by atoms with Gasteiger partial charge >= 0.3 is 0 Å². The number of benzene rings is 2. The molecule has 0 aliphatic rings. The number of rotatable bonds is 5. The average Bonchev–Trinajstić information content (AvgIpc) is 2.51. The number of carbonyl (C=O) groups is 3. The summed E-state index contributed by atoms with van der Waals surface area (Å²) in [7, 11) is 0. The highest BCUT2D eigenvalue weighted by Crippen LogP contribution is 2.23. The number of fused-ring (bicyclic) bond motifs is 1. The maximum Gasteiger partial charge on any atom is 0.252 e. The minimum Gasteiger partial charge on any atom is -0.355 e. The van der Waals surface area contributed by atoms with Gasteiger partial charge in [-0.25, -0.2) is 0 Å². The molecule has 2 amide bonds. The highest BCUT2D eigenvalue weighted by Gasteiger charge is 2.14. The number of carbonyl (C=O) groups excluding carboxylic acids is 3. The number of amides is 2. The fourth-order valence-electron chi connectivity index (χ4n) is 2.32. The Bertz CT molecular complexity index is 738. The Morgan fingerprint density at radius 1 is 0.909 bits per heavy atom. The molecule has 0 radical (unpaired) electrons. The second-order valence-corrected chi connectivity index (χ2v) is 4.90. The third-order valence-electron chi connectivity index (χ3n) is 3.33. The molecule has 5 heteroatoms. The van der Waals surface area contributed by atoms with Gasteiger partial charge in [-0.2, -0.15) is 0 Å². The molecule has 0 heterocycles. The molecule has 0 aliphatic heterocycles. The van der Waals surface area contributed by atoms with Gasteiger partial charge in [0.2, 0.25) is 5.91 Å². The lowest BCUT2D eigenvalue weighted by Gasteiger charge is -2.10. The van der Waals surface area contributed by atoms with Crippen molar-refractivity contribution >= 4 is 28.4 Å². The van der Waals surface area contributed by atoms with Crippen LogP contribution in [0.3, 0.4) is 0 Å². The van der Waals surface area contributed by atoms with Crippen LogP contribution in [0.15, 0.2) is 36.4 Å². The van der Waals surface area contributed by atoms with Crippen LogP contribution in [0, 0.1) is 0 Å². The molecule has 5 nitrogen and oxygen atoms in total. The Morgan fingerprint density at radius 3 is 2.09 bits per heavy atom. The monoisotopic (exact) mass is 298 g/mol. The summed E-state index contributed by atoms with van der Waals surface area (Å²) in [5.41, 5.74) is 1.03. The lowest BCUT2D eigenvalue weighted by atomic mass is 9.97. The van der Waals surface area contributed by atoms with Gasteiger partial charge in [0.1, 0.15) is 0 Å². The molecule has 0 fully saturated rings. The maximum atomic E-state index is 12.3. The van der Waals surface area contributed by atoms with E-state index in [0.717, 1.165) is 5.39 Å². The van der Waals surface area contributed by atoms with E-state index in [1.165, 1.54) is 6.92 Å². The highest BCUT2D eigenvalue weighted by atomic mass is 16.2. The quantitative estimate of drug-likeness (QED) is 0.828. The van der Waals surface area contributed by atoms with E-state index >= 15 is 0 Å². The third kappa shape index (κ3) is 3.31. The number of ketones is 1. The number of hydrogen-bond donors (Lipinski definition) is 2. The molecule has 2 aromatic carbocycles. The van der Waals surface area contributed by atoms with Gasteiger partial charge in [0, 0.05) is 17.7 Å². The first-order valence-corrected chi connectivity index (χ1v) is 7.12. The largest absolute Gasteiger partial charge is 0.355 e. The maximum absolute atomic E-state index is 12.3. The van der Waals surface area contributed by atoms with E-state index in [-0.39, 0.29) is 24.1 Å². The lowest BCUT2D eigenvalue weighted by Crippen LogP contribution is -2.36. The predicted octanol–water partition coefficient (Wildman–Crippen LogP) is 1.91. The van der Waals surface area contributed by atoms with E-state index in [0.29, 0.717) is 23.1 Å². The van der Waals surface area contributed by atoms with Crippen molar-refractivity contribution in [3.05, 3.63) is 47.5 Å². The molecule has 0 aromatic heterocycles. The molecule has 2 aromatic rings. The number of nitrogens with one attached hydrogen (secondary N) is 2. The molecule has 0 aliphatic carbocycles. The van der Waals surface area contributed by atoms with Crippen LogP contribution >= 0.6 is 0 Å². The van der Waals surface area contributed by atoms with Crippen LogP contribution in [-0.2, 0) is 4.79 Å². The summed E-state index contributed by atoms with van der Waals surface area (Å²) in [5.74, 6) is -0.622. The summed E-state index contributed by atoms with van der Waals surface area (Å²) >= 11 is 0. The third-order valence-corrected chi connectivity index (χ3v) is 3.33. The molecule has 0 saturated heterocycles. The second kappa shape index (κ2) is 6.85. The van der Waals surface area contributed by atoms with Crippen molar-refractivity contribution in [3.8, 4) is 0 Å². The number of likely N-dealkylation sites (N-methyl/N-ethyl adjacent to an activating group) is 1. The Kier molecular flexibility index (Phi) is 4.88. The van der Waals surface area contributed by atoms with Gasteiger partial charge < -0.3 is 10.6 Å². The van der Waals surface area contributed by atoms with Crippen LogP contribution in [0.2, 0.25) is 0 Å². The van der Waals surface area contributed by atoms with Crippen LogP contribution in [0.4, 0.5) is 0 Å². The van der Waals surface area contributed by atoms with E-state index in [1.807, 2.05) is 25.1 Å². The van der Waals surface area contributed by atoms with Gasteiger partial charge in [0.15, 0.2) is 5.78 Å². The standard InChI is InChI=1S/C17H18N2O3/c1-3-18-16(21)10-19-17(22)15-9-8-12(11(2)20)13-6-4-5-7-14(13)15/h4-9H,3,10H2,1-2H3,(H,18,21)(H,19,22). The van der Waals surface area contributed by atoms with Gasteiger partial charge in [-0.15, -0.1) is 0 Å². The summed E-state index contributed by atoms with van der Waals surface area (Å²) in [6.07, 6.45) is 0. The fraction of sp³-hybridized carbons (Fsp3) is 0.235. The lowest BCUT2D eigenvalue weighted by molar-refractivity contribution is -0.120. The summed E-state index contributed by atoms with van der Waals surface area (Å²) in [6.45, 7) is 3.75. The van der Waals surface area contributed by atoms with Crippen LogP contribution in [0.1, 0.15) is 34.6 Å². The second-order valence-electron chi connectivity index (χ2n) is 4.90. The van der Waals surface area contributed by atoms with E-state index in [4.69, 9.17) is 0 Å². The van der Waals surface area contributed by atoms with Crippen molar-refractivity contribution in [2.24, 2.45) is 0 Å². The minimum absolute atomic E-state index is 0.0505. The van der Waals surface area contributed by atoms with Crippen molar-refractivity contribution in [3.63, 3.8) is 0 Å². The Labute approximate surface area is 128 Å². The van der Waals surface area contributed by atoms with Gasteiger partial charge in [0.05, 0.1) is 6.54 Å². The molecule has 0 spiro atoms. The van der Waals surface area contributed by atoms with Crippen molar-refractivity contribution in [1.29, 1.82) is 0 Å². The van der Waals surface area contributed by atoms with Crippen molar-refractivity contribution in [2.75, 3.05) is 13.1 Å². The highest BCUT2D eigenvalue weighted by molar-refractivity contribution is 6.14. The van der Waals surface area contributed by atoms with Gasteiger partial charge in [-0.05, 0) is 36.8 Å². The first kappa shape index (κ1) is 15.7. The normalized spacial score (nSPS) is 10.3. The minimum atomic E-state index is -0.336. The number of hydrogen-bond acceptors (Lipinski definition) is 3. The zero-order valence-electron chi connectivity index (χ0n) is 12.6. The van der Waals surface area contributed by atoms with Crippen molar-refractivity contribution in [1.82, 2.24) is 10.6 Å². The van der Waals surface area contributed by atoms with Gasteiger partial charge in [-0.1, -0.05) is 24.3 Å². The average molecular weight is 298 g/mol. The molecule has 2 N–H and O–H groups in total. The molecule has 0 unspecified atom stereocenters. The summed E-state index contributed by atoms with van der Waals surface area (Å²) in [4.78, 5) is 35.4. The molecule has 2 rings (SSSR count).